The number of carbonyl (C=O) groups excluding carboxylic acids is 3. The molecule has 13 nitrogen and oxygen atoms in total. The Bertz CT molecular complexity index is 1050. The van der Waals surface area contributed by atoms with Crippen molar-refractivity contribution in [1.82, 2.24) is 20.9 Å². The van der Waals surface area contributed by atoms with E-state index in [1.807, 2.05) is 24.3 Å². The first-order valence-corrected chi connectivity index (χ1v) is 10.6. The monoisotopic (exact) mass is 474 g/mol. The Balaban J connectivity index is 1.93. The van der Waals surface area contributed by atoms with Crippen LogP contribution in [0.5, 0.6) is 0 Å². The van der Waals surface area contributed by atoms with Gasteiger partial charge in [-0.3, -0.25) is 19.4 Å². The normalized spacial score (nSPS) is 12.4. The number of hydrogen-bond acceptors (Lipinski definition) is 6. The minimum Gasteiger partial charge on any atom is -0.480 e. The number of carboxylic acid groups (broad SMARTS) is 1. The number of aromatic nitrogens is 1. The lowest BCUT2D eigenvalue weighted by Gasteiger charge is -2.19. The predicted molar refractivity (Wildman–Crippen MR) is 125 cm³/mol. The van der Waals surface area contributed by atoms with Crippen molar-refractivity contribution < 1.29 is 24.3 Å². The molecule has 34 heavy (non-hydrogen) atoms. The first-order valence-electron chi connectivity index (χ1n) is 10.6. The number of carbonyl (C=O) groups is 4. The largest absolute Gasteiger partial charge is 0.480 e. The molecule has 184 valence electrons. The Morgan fingerprint density at radius 2 is 1.76 bits per heavy atom. The first kappa shape index (κ1) is 26.1. The first-order chi connectivity index (χ1) is 16.2. The van der Waals surface area contributed by atoms with Crippen molar-refractivity contribution in [1.29, 1.82) is 0 Å². The Morgan fingerprint density at radius 3 is 2.44 bits per heavy atom. The average molecular weight is 475 g/mol. The maximum absolute atomic E-state index is 12.5. The molecule has 0 fully saturated rings. The summed E-state index contributed by atoms with van der Waals surface area (Å²) in [6.07, 6.45) is 2.34. The number of guanidine groups is 1. The van der Waals surface area contributed by atoms with Crippen LogP contribution in [0.15, 0.2) is 35.5 Å². The van der Waals surface area contributed by atoms with Crippen LogP contribution in [0.2, 0.25) is 0 Å². The van der Waals surface area contributed by atoms with Crippen molar-refractivity contribution in [2.45, 2.75) is 31.3 Å². The van der Waals surface area contributed by atoms with E-state index in [1.54, 1.807) is 6.20 Å². The van der Waals surface area contributed by atoms with E-state index >= 15 is 0 Å². The van der Waals surface area contributed by atoms with Crippen LogP contribution in [0.3, 0.4) is 0 Å². The topological polar surface area (TPSA) is 231 Å². The van der Waals surface area contributed by atoms with Gasteiger partial charge >= 0.3 is 5.97 Å². The van der Waals surface area contributed by atoms with Crippen LogP contribution < -0.4 is 33.2 Å². The van der Waals surface area contributed by atoms with Crippen LogP contribution in [0.25, 0.3) is 10.9 Å². The molecule has 0 aliphatic carbocycles. The van der Waals surface area contributed by atoms with E-state index in [4.69, 9.17) is 17.2 Å². The number of amides is 3. The van der Waals surface area contributed by atoms with Crippen LogP contribution in [-0.2, 0) is 25.6 Å². The Morgan fingerprint density at radius 1 is 1.06 bits per heavy atom. The number of H-pyrrole nitrogens is 1. The number of aliphatic imine (C=N–C) groups is 1. The van der Waals surface area contributed by atoms with Crippen LogP contribution in [0, 0.1) is 0 Å². The van der Waals surface area contributed by atoms with Gasteiger partial charge in [-0.2, -0.15) is 0 Å². The van der Waals surface area contributed by atoms with E-state index in [0.717, 1.165) is 16.5 Å². The maximum Gasteiger partial charge on any atom is 0.326 e. The fourth-order valence-electron chi connectivity index (χ4n) is 3.28. The molecule has 1 aromatic heterocycles. The van der Waals surface area contributed by atoms with E-state index in [0.29, 0.717) is 6.42 Å². The summed E-state index contributed by atoms with van der Waals surface area (Å²) in [5, 5.41) is 17.7. The molecular formula is C21H30N8O5. The maximum atomic E-state index is 12.5. The molecule has 11 N–H and O–H groups in total. The summed E-state index contributed by atoms with van der Waals surface area (Å²) in [5.41, 5.74) is 17.4. The van der Waals surface area contributed by atoms with Gasteiger partial charge in [0.2, 0.25) is 17.7 Å². The quantitative estimate of drug-likeness (QED) is 0.0907. The van der Waals surface area contributed by atoms with Gasteiger partial charge in [-0.05, 0) is 24.5 Å². The molecule has 3 amide bonds. The summed E-state index contributed by atoms with van der Waals surface area (Å²) in [5.74, 6) is -3.16. The van der Waals surface area contributed by atoms with Gasteiger partial charge in [0.15, 0.2) is 5.96 Å². The van der Waals surface area contributed by atoms with Gasteiger partial charge in [0.25, 0.3) is 0 Å². The molecular weight excluding hydrogens is 444 g/mol. The van der Waals surface area contributed by atoms with Gasteiger partial charge in [-0.15, -0.1) is 0 Å². The average Bonchev–Trinajstić information content (AvgIpc) is 3.21. The molecule has 2 atom stereocenters. The SMILES string of the molecule is NCC(=O)NC(CCCN=C(N)N)C(=O)NCC(=O)NC(Cc1c[nH]c2ccccc12)C(=O)O. The summed E-state index contributed by atoms with van der Waals surface area (Å²) in [6.45, 7) is -0.537. The van der Waals surface area contributed by atoms with Gasteiger partial charge < -0.3 is 43.2 Å². The van der Waals surface area contributed by atoms with Crippen molar-refractivity contribution >= 4 is 40.6 Å². The summed E-state index contributed by atoms with van der Waals surface area (Å²) in [7, 11) is 0. The molecule has 1 heterocycles. The number of nitrogens with zero attached hydrogens (tertiary/aromatic N) is 1. The summed E-state index contributed by atoms with van der Waals surface area (Å²) < 4.78 is 0. The highest BCUT2D eigenvalue weighted by molar-refractivity contribution is 5.92. The molecule has 2 aromatic rings. The van der Waals surface area contributed by atoms with Crippen molar-refractivity contribution in [3.05, 3.63) is 36.0 Å². The molecule has 2 unspecified atom stereocenters. The number of para-hydroxylation sites is 1. The number of nitrogens with one attached hydrogen (secondary N) is 4. The van der Waals surface area contributed by atoms with E-state index < -0.39 is 42.3 Å². The minimum atomic E-state index is -1.21. The number of hydrogen-bond donors (Lipinski definition) is 8. The fraction of sp³-hybridized carbons (Fsp3) is 0.381. The molecule has 0 saturated carbocycles. The van der Waals surface area contributed by atoms with E-state index in [1.165, 1.54) is 0 Å². The molecule has 0 bridgehead atoms. The highest BCUT2D eigenvalue weighted by Crippen LogP contribution is 2.19. The lowest BCUT2D eigenvalue weighted by atomic mass is 10.0. The van der Waals surface area contributed by atoms with Gasteiger partial charge in [-0.1, -0.05) is 18.2 Å². The summed E-state index contributed by atoms with van der Waals surface area (Å²) in [4.78, 5) is 55.0. The van der Waals surface area contributed by atoms with Crippen LogP contribution >= 0.6 is 0 Å². The molecule has 13 heteroatoms. The summed E-state index contributed by atoms with van der Waals surface area (Å²) in [6, 6.07) is 5.24. The van der Waals surface area contributed by atoms with Crippen molar-refractivity contribution in [2.75, 3.05) is 19.6 Å². The van der Waals surface area contributed by atoms with Crippen molar-refractivity contribution in [3.63, 3.8) is 0 Å². The number of aromatic amines is 1. The number of carboxylic acids is 1. The van der Waals surface area contributed by atoms with E-state index in [2.05, 4.69) is 25.9 Å². The second kappa shape index (κ2) is 12.8. The zero-order valence-corrected chi connectivity index (χ0v) is 18.5. The number of fused-ring (bicyclic) bond motifs is 1. The third-order valence-electron chi connectivity index (χ3n) is 4.94. The fourth-order valence-corrected chi connectivity index (χ4v) is 3.28. The van der Waals surface area contributed by atoms with Gasteiger partial charge in [0.1, 0.15) is 12.1 Å². The van der Waals surface area contributed by atoms with E-state index in [9.17, 15) is 24.3 Å². The third-order valence-corrected chi connectivity index (χ3v) is 4.94. The molecule has 0 radical (unpaired) electrons. The Labute approximate surface area is 195 Å². The number of aliphatic carboxylic acids is 1. The summed E-state index contributed by atoms with van der Waals surface area (Å²) >= 11 is 0. The second-order valence-electron chi connectivity index (χ2n) is 7.51. The van der Waals surface area contributed by atoms with Gasteiger partial charge in [-0.25, -0.2) is 4.79 Å². The zero-order valence-electron chi connectivity index (χ0n) is 18.5. The molecule has 1 aromatic carbocycles. The van der Waals surface area contributed by atoms with Crippen molar-refractivity contribution in [2.24, 2.45) is 22.2 Å². The van der Waals surface area contributed by atoms with Crippen molar-refractivity contribution in [3.8, 4) is 0 Å². The van der Waals surface area contributed by atoms with Gasteiger partial charge in [0, 0.05) is 30.1 Å². The predicted octanol–water partition coefficient (Wildman–Crippen LogP) is -2.11. The standard InChI is InChI=1S/C21H30N8O5/c22-9-17(30)28-15(6-3-7-25-21(23)24)19(32)27-11-18(31)29-16(20(33)34)8-12-10-26-14-5-2-1-4-13(12)14/h1-2,4-5,10,15-16,26H,3,6-9,11,22H2,(H,27,32)(H,28,30)(H,29,31)(H,33,34)(H4,23,24,25). The van der Waals surface area contributed by atoms with Crippen LogP contribution in [0.4, 0.5) is 0 Å². The zero-order chi connectivity index (χ0) is 25.1. The molecule has 0 aliphatic heterocycles. The van der Waals surface area contributed by atoms with Crippen LogP contribution in [-0.4, -0.2) is 71.5 Å². The number of benzene rings is 1. The molecule has 2 rings (SSSR count). The molecule has 0 aliphatic rings. The minimum absolute atomic E-state index is 0.0546. The van der Waals surface area contributed by atoms with Gasteiger partial charge in [0.05, 0.1) is 13.1 Å². The Kier molecular flexibility index (Phi) is 9.83. The highest BCUT2D eigenvalue weighted by Gasteiger charge is 2.24. The van der Waals surface area contributed by atoms with Crippen LogP contribution in [0.1, 0.15) is 18.4 Å². The molecule has 0 saturated heterocycles. The Hall–Kier alpha value is -4.13. The number of rotatable bonds is 13. The molecule has 0 spiro atoms. The highest BCUT2D eigenvalue weighted by atomic mass is 16.4. The third kappa shape index (κ3) is 8.09. The second-order valence-corrected chi connectivity index (χ2v) is 7.51. The number of nitrogens with two attached hydrogens (primary N) is 3. The van der Waals surface area contributed by atoms with E-state index in [-0.39, 0.29) is 31.9 Å². The smallest absolute Gasteiger partial charge is 0.326 e. The lowest BCUT2D eigenvalue weighted by molar-refractivity contribution is -0.141. The lowest BCUT2D eigenvalue weighted by Crippen LogP contribution is -2.51.